The molecule has 4 N–H and O–H groups in total. The second-order valence-corrected chi connectivity index (χ2v) is 14.5. The SMILES string of the molecule is COc1ccc(CS(=O)(=O)[C@@H]2CC(C(=O)N[C@H](B(O)O)C3CCC3)N(C(=O)[C@H](Cc3ccccc3)NC(=O)c3ccccc3)C2)cc1. The third kappa shape index (κ3) is 8.40. The fraction of sp³-hybridized carbons (Fsp3) is 0.382. The molecule has 1 saturated carbocycles. The zero-order valence-electron chi connectivity index (χ0n) is 26.2. The summed E-state index contributed by atoms with van der Waals surface area (Å²) in [5, 5.41) is 24.6. The molecule has 0 radical (unpaired) electrons. The topological polar surface area (TPSA) is 162 Å². The number of carbonyl (C=O) groups excluding carboxylic acids is 3. The highest BCUT2D eigenvalue weighted by Crippen LogP contribution is 2.32. The number of hydrogen-bond donors (Lipinski definition) is 4. The lowest BCUT2D eigenvalue weighted by molar-refractivity contribution is -0.140. The van der Waals surface area contributed by atoms with E-state index in [-0.39, 0.29) is 31.1 Å². The maximum absolute atomic E-state index is 14.4. The Morgan fingerprint density at radius 2 is 1.55 bits per heavy atom. The molecule has 1 saturated heterocycles. The molecule has 13 heteroatoms. The molecule has 11 nitrogen and oxygen atoms in total. The van der Waals surface area contributed by atoms with Crippen molar-refractivity contribution in [3.8, 4) is 5.75 Å². The van der Waals surface area contributed by atoms with Crippen molar-refractivity contribution in [3.63, 3.8) is 0 Å². The van der Waals surface area contributed by atoms with Crippen LogP contribution < -0.4 is 15.4 Å². The summed E-state index contributed by atoms with van der Waals surface area (Å²) in [6.07, 6.45) is 2.23. The van der Waals surface area contributed by atoms with Gasteiger partial charge in [-0.15, -0.1) is 0 Å². The number of sulfone groups is 1. The number of methoxy groups -OCH3 is 1. The zero-order chi connectivity index (χ0) is 33.6. The molecule has 0 aromatic heterocycles. The summed E-state index contributed by atoms with van der Waals surface area (Å²) in [5.74, 6) is -2.59. The highest BCUT2D eigenvalue weighted by atomic mass is 32.2. The summed E-state index contributed by atoms with van der Waals surface area (Å²) in [6, 6.07) is 21.8. The molecular weight excluding hydrogens is 621 g/mol. The Balaban J connectivity index is 1.44. The molecule has 4 atom stereocenters. The Labute approximate surface area is 275 Å². The highest BCUT2D eigenvalue weighted by Gasteiger charge is 2.48. The van der Waals surface area contributed by atoms with Gasteiger partial charge in [-0.1, -0.05) is 67.1 Å². The van der Waals surface area contributed by atoms with Crippen molar-refractivity contribution in [3.05, 3.63) is 102 Å². The fourth-order valence-corrected chi connectivity index (χ4v) is 7.95. The smallest absolute Gasteiger partial charge is 0.475 e. The van der Waals surface area contributed by atoms with E-state index in [0.29, 0.717) is 29.7 Å². The first-order chi connectivity index (χ1) is 22.6. The standard InChI is InChI=1S/C34H40BN3O8S/c1-46-27-17-15-24(16-18-27)22-47(44,45)28-20-30(33(40)37-31(35(42)43)25-13-8-14-25)38(21-28)34(41)29(19-23-9-4-2-5-10-23)36-32(39)26-11-6-3-7-12-26/h2-7,9-12,15-18,25,28-31,42-43H,8,13-14,19-22H2,1H3,(H,36,39)(H,37,40)/t28-,29+,30?,31+/m1/s1. The molecule has 3 aromatic carbocycles. The Hall–Kier alpha value is -4.20. The number of nitrogens with one attached hydrogen (secondary N) is 2. The van der Waals surface area contributed by atoms with E-state index in [1.165, 1.54) is 12.0 Å². The lowest BCUT2D eigenvalue weighted by atomic mass is 9.64. The van der Waals surface area contributed by atoms with Gasteiger partial charge in [0.15, 0.2) is 9.84 Å². The van der Waals surface area contributed by atoms with Gasteiger partial charge in [0.1, 0.15) is 17.8 Å². The predicted molar refractivity (Wildman–Crippen MR) is 177 cm³/mol. The van der Waals surface area contributed by atoms with Gasteiger partial charge in [-0.05, 0) is 60.6 Å². The maximum atomic E-state index is 14.4. The molecule has 2 fully saturated rings. The minimum Gasteiger partial charge on any atom is -0.497 e. The number of carbonyl (C=O) groups is 3. The number of hydrogen-bond acceptors (Lipinski definition) is 8. The number of rotatable bonds is 13. The summed E-state index contributed by atoms with van der Waals surface area (Å²) in [7, 11) is -4.18. The van der Waals surface area contributed by atoms with E-state index in [4.69, 9.17) is 4.74 Å². The van der Waals surface area contributed by atoms with E-state index < -0.39 is 58.0 Å². The first-order valence-corrected chi connectivity index (χ1v) is 17.5. The number of ether oxygens (including phenoxy) is 1. The Morgan fingerprint density at radius 3 is 2.13 bits per heavy atom. The molecule has 47 heavy (non-hydrogen) atoms. The van der Waals surface area contributed by atoms with Gasteiger partial charge in [-0.25, -0.2) is 8.42 Å². The third-order valence-corrected chi connectivity index (χ3v) is 11.2. The van der Waals surface area contributed by atoms with Crippen LogP contribution in [-0.2, 0) is 31.6 Å². The van der Waals surface area contributed by atoms with Crippen LogP contribution in [0.15, 0.2) is 84.9 Å². The maximum Gasteiger partial charge on any atom is 0.475 e. The highest BCUT2D eigenvalue weighted by molar-refractivity contribution is 7.91. The van der Waals surface area contributed by atoms with Crippen LogP contribution in [0.5, 0.6) is 5.75 Å². The van der Waals surface area contributed by atoms with Crippen LogP contribution in [0.2, 0.25) is 0 Å². The average molecular weight is 662 g/mol. The van der Waals surface area contributed by atoms with Gasteiger partial charge in [0.05, 0.1) is 24.1 Å². The number of benzene rings is 3. The molecule has 0 bridgehead atoms. The number of amides is 3. The molecule has 248 valence electrons. The van der Waals surface area contributed by atoms with Gasteiger partial charge in [0.2, 0.25) is 11.8 Å². The van der Waals surface area contributed by atoms with E-state index in [1.807, 2.05) is 30.3 Å². The lowest BCUT2D eigenvalue weighted by Gasteiger charge is -2.35. The first-order valence-electron chi connectivity index (χ1n) is 15.8. The summed E-state index contributed by atoms with van der Waals surface area (Å²) in [5.41, 5.74) is 1.63. The van der Waals surface area contributed by atoms with Crippen molar-refractivity contribution in [1.82, 2.24) is 15.5 Å². The van der Waals surface area contributed by atoms with E-state index in [2.05, 4.69) is 10.6 Å². The summed E-state index contributed by atoms with van der Waals surface area (Å²) in [6.45, 7) is -0.266. The fourth-order valence-electron chi connectivity index (χ4n) is 6.20. The van der Waals surface area contributed by atoms with Crippen molar-refractivity contribution < 1.29 is 37.6 Å². The van der Waals surface area contributed by atoms with Crippen LogP contribution in [0, 0.1) is 5.92 Å². The van der Waals surface area contributed by atoms with Crippen molar-refractivity contribution in [2.45, 2.75) is 61.1 Å². The predicted octanol–water partition coefficient (Wildman–Crippen LogP) is 1.92. The summed E-state index contributed by atoms with van der Waals surface area (Å²) in [4.78, 5) is 42.7. The third-order valence-electron chi connectivity index (χ3n) is 9.09. The van der Waals surface area contributed by atoms with Crippen LogP contribution in [-0.4, -0.2) is 85.1 Å². The molecular formula is C34H40BN3O8S. The van der Waals surface area contributed by atoms with E-state index in [9.17, 15) is 32.8 Å². The van der Waals surface area contributed by atoms with Crippen molar-refractivity contribution >= 4 is 34.7 Å². The van der Waals surface area contributed by atoms with Crippen LogP contribution in [0.3, 0.4) is 0 Å². The average Bonchev–Trinajstić information content (AvgIpc) is 3.51. The molecule has 1 aliphatic carbocycles. The zero-order valence-corrected chi connectivity index (χ0v) is 27.0. The molecule has 0 spiro atoms. The quantitative estimate of drug-likeness (QED) is 0.202. The first kappa shape index (κ1) is 34.1. The summed E-state index contributed by atoms with van der Waals surface area (Å²) < 4.78 is 32.7. The monoisotopic (exact) mass is 661 g/mol. The van der Waals surface area contributed by atoms with E-state index in [0.717, 1.165) is 12.0 Å². The minimum atomic E-state index is -3.87. The molecule has 3 amide bonds. The number of likely N-dealkylation sites (tertiary alicyclic amines) is 1. The molecule has 3 aromatic rings. The second kappa shape index (κ2) is 15.1. The Kier molecular flexibility index (Phi) is 11.0. The van der Waals surface area contributed by atoms with Crippen LogP contribution in [0.25, 0.3) is 0 Å². The minimum absolute atomic E-state index is 0.104. The molecule has 2 aliphatic rings. The van der Waals surface area contributed by atoms with Crippen LogP contribution in [0.1, 0.15) is 47.2 Å². The van der Waals surface area contributed by atoms with Crippen molar-refractivity contribution in [2.24, 2.45) is 5.92 Å². The van der Waals surface area contributed by atoms with Gasteiger partial charge < -0.3 is 30.3 Å². The van der Waals surface area contributed by atoms with Gasteiger partial charge in [-0.2, -0.15) is 0 Å². The van der Waals surface area contributed by atoms with Crippen molar-refractivity contribution in [2.75, 3.05) is 13.7 Å². The second-order valence-electron chi connectivity index (χ2n) is 12.2. The van der Waals surface area contributed by atoms with Crippen LogP contribution in [0.4, 0.5) is 0 Å². The Morgan fingerprint density at radius 1 is 0.915 bits per heavy atom. The Bertz CT molecular complexity index is 1640. The van der Waals surface area contributed by atoms with Crippen LogP contribution >= 0.6 is 0 Å². The normalized spacial score (nSPS) is 19.3. The summed E-state index contributed by atoms with van der Waals surface area (Å²) >= 11 is 0. The van der Waals surface area contributed by atoms with Gasteiger partial charge in [0, 0.05) is 18.5 Å². The van der Waals surface area contributed by atoms with E-state index >= 15 is 0 Å². The molecule has 1 heterocycles. The number of nitrogens with zero attached hydrogens (tertiary/aromatic N) is 1. The molecule has 1 aliphatic heterocycles. The van der Waals surface area contributed by atoms with Crippen molar-refractivity contribution in [1.29, 1.82) is 0 Å². The molecule has 1 unspecified atom stereocenters. The lowest BCUT2D eigenvalue weighted by Crippen LogP contribution is -2.59. The van der Waals surface area contributed by atoms with Gasteiger partial charge in [0.25, 0.3) is 5.91 Å². The molecule has 5 rings (SSSR count). The van der Waals surface area contributed by atoms with Gasteiger partial charge in [-0.3, -0.25) is 14.4 Å². The van der Waals surface area contributed by atoms with Gasteiger partial charge >= 0.3 is 7.12 Å². The largest absolute Gasteiger partial charge is 0.497 e. The van der Waals surface area contributed by atoms with E-state index in [1.54, 1.807) is 54.6 Å².